The number of aromatic nitrogens is 2. The molecule has 0 atom stereocenters. The highest BCUT2D eigenvalue weighted by atomic mass is 79.9. The molecular weight excluding hydrogens is 310 g/mol. The van der Waals surface area contributed by atoms with Gasteiger partial charge in [0.15, 0.2) is 0 Å². The number of hydrogen-bond acceptors (Lipinski definition) is 4. The van der Waals surface area contributed by atoms with Crippen molar-refractivity contribution in [2.45, 2.75) is 0 Å². The fraction of sp³-hybridized carbons (Fsp3) is 0. The lowest BCUT2D eigenvalue weighted by molar-refractivity contribution is 0.628. The summed E-state index contributed by atoms with van der Waals surface area (Å²) in [7, 11) is 0. The Kier molecular flexibility index (Phi) is 3.44. The van der Waals surface area contributed by atoms with Crippen LogP contribution < -0.4 is 11.1 Å². The summed E-state index contributed by atoms with van der Waals surface area (Å²) in [5, 5.41) is 3.26. The van der Waals surface area contributed by atoms with Crippen LogP contribution in [0.1, 0.15) is 0 Å². The van der Waals surface area contributed by atoms with E-state index in [9.17, 15) is 4.39 Å². The second-order valence-corrected chi connectivity index (χ2v) is 4.44. The zero-order valence-corrected chi connectivity index (χ0v) is 10.8. The first-order chi connectivity index (χ1) is 8.06. The average molecular weight is 318 g/mol. The van der Waals surface area contributed by atoms with Crippen LogP contribution in [0.4, 0.5) is 21.8 Å². The van der Waals surface area contributed by atoms with Gasteiger partial charge >= 0.3 is 0 Å². The minimum atomic E-state index is -0.393. The third-order valence-electron chi connectivity index (χ3n) is 1.94. The molecule has 3 N–H and O–H groups in total. The molecule has 1 heterocycles. The maximum absolute atomic E-state index is 13.1. The molecule has 0 aliphatic carbocycles. The molecule has 88 valence electrons. The molecule has 0 radical (unpaired) electrons. The molecule has 0 unspecified atom stereocenters. The number of nitrogen functional groups attached to an aromatic ring is 1. The molecule has 2 rings (SSSR count). The highest BCUT2D eigenvalue weighted by Gasteiger charge is 2.07. The van der Waals surface area contributed by atoms with Crippen molar-refractivity contribution in [1.82, 2.24) is 9.97 Å². The van der Waals surface area contributed by atoms with E-state index in [1.165, 1.54) is 24.4 Å². The van der Waals surface area contributed by atoms with Crippen LogP contribution in [-0.2, 0) is 0 Å². The minimum Gasteiger partial charge on any atom is -0.368 e. The van der Waals surface area contributed by atoms with Crippen LogP contribution in [0, 0.1) is 5.82 Å². The number of rotatable bonds is 2. The van der Waals surface area contributed by atoms with Gasteiger partial charge in [0.25, 0.3) is 0 Å². The van der Waals surface area contributed by atoms with Crippen molar-refractivity contribution in [3.63, 3.8) is 0 Å². The van der Waals surface area contributed by atoms with E-state index in [4.69, 9.17) is 17.3 Å². The predicted octanol–water partition coefficient (Wildman–Crippen LogP) is 3.36. The van der Waals surface area contributed by atoms with Gasteiger partial charge in [-0.1, -0.05) is 11.6 Å². The summed E-state index contributed by atoms with van der Waals surface area (Å²) < 4.78 is 13.7. The van der Waals surface area contributed by atoms with Crippen LogP contribution in [0.5, 0.6) is 0 Å². The summed E-state index contributed by atoms with van der Waals surface area (Å²) in [4.78, 5) is 7.76. The van der Waals surface area contributed by atoms with Crippen molar-refractivity contribution in [2.75, 3.05) is 11.1 Å². The standard InChI is InChI=1S/C10H7BrClFN4/c11-6-4-15-10(14)17-9(6)16-8-3-5(13)1-2-7(8)12/h1-4H,(H3,14,15,16,17). The molecule has 0 amide bonds. The van der Waals surface area contributed by atoms with Crippen LogP contribution >= 0.6 is 27.5 Å². The Morgan fingerprint density at radius 1 is 1.41 bits per heavy atom. The van der Waals surface area contributed by atoms with Gasteiger partial charge in [0.1, 0.15) is 11.6 Å². The van der Waals surface area contributed by atoms with Gasteiger partial charge in [0, 0.05) is 6.20 Å². The lowest BCUT2D eigenvalue weighted by Crippen LogP contribution is -2.01. The minimum absolute atomic E-state index is 0.114. The van der Waals surface area contributed by atoms with E-state index >= 15 is 0 Å². The van der Waals surface area contributed by atoms with E-state index in [1.54, 1.807) is 0 Å². The number of halogens is 3. The summed E-state index contributed by atoms with van der Waals surface area (Å²) >= 11 is 9.17. The smallest absolute Gasteiger partial charge is 0.222 e. The molecule has 0 saturated heterocycles. The largest absolute Gasteiger partial charge is 0.368 e. The molecule has 0 aliphatic heterocycles. The monoisotopic (exact) mass is 316 g/mol. The SMILES string of the molecule is Nc1ncc(Br)c(Nc2cc(F)ccc2Cl)n1. The highest BCUT2D eigenvalue weighted by molar-refractivity contribution is 9.10. The third-order valence-corrected chi connectivity index (χ3v) is 2.85. The Morgan fingerprint density at radius 3 is 2.94 bits per heavy atom. The Hall–Kier alpha value is -1.40. The molecule has 0 spiro atoms. The van der Waals surface area contributed by atoms with Crippen LogP contribution in [0.15, 0.2) is 28.9 Å². The van der Waals surface area contributed by atoms with Gasteiger partial charge in [-0.2, -0.15) is 4.98 Å². The summed E-state index contributed by atoms with van der Waals surface area (Å²) in [6, 6.07) is 4.00. The third kappa shape index (κ3) is 2.83. The average Bonchev–Trinajstić information content (AvgIpc) is 2.28. The number of nitrogens with one attached hydrogen (secondary N) is 1. The van der Waals surface area contributed by atoms with E-state index < -0.39 is 5.82 Å². The van der Waals surface area contributed by atoms with Gasteiger partial charge in [-0.3, -0.25) is 0 Å². The van der Waals surface area contributed by atoms with E-state index in [-0.39, 0.29) is 5.95 Å². The first-order valence-corrected chi connectivity index (χ1v) is 5.73. The molecule has 1 aromatic carbocycles. The van der Waals surface area contributed by atoms with Crippen molar-refractivity contribution in [3.05, 3.63) is 39.7 Å². The number of hydrogen-bond donors (Lipinski definition) is 2. The van der Waals surface area contributed by atoms with Gasteiger partial charge < -0.3 is 11.1 Å². The van der Waals surface area contributed by atoms with Gasteiger partial charge in [-0.25, -0.2) is 9.37 Å². The summed E-state index contributed by atoms with van der Waals surface area (Å²) in [6.45, 7) is 0. The fourth-order valence-corrected chi connectivity index (χ4v) is 1.64. The van der Waals surface area contributed by atoms with E-state index in [1.807, 2.05) is 0 Å². The first-order valence-electron chi connectivity index (χ1n) is 4.56. The number of benzene rings is 1. The van der Waals surface area contributed by atoms with Crippen molar-refractivity contribution >= 4 is 45.0 Å². The lowest BCUT2D eigenvalue weighted by Gasteiger charge is -2.09. The molecule has 0 bridgehead atoms. The Balaban J connectivity index is 2.37. The van der Waals surface area contributed by atoms with E-state index in [0.29, 0.717) is 21.0 Å². The molecule has 7 heteroatoms. The van der Waals surface area contributed by atoms with Crippen LogP contribution in [0.25, 0.3) is 0 Å². The molecule has 0 saturated carbocycles. The maximum Gasteiger partial charge on any atom is 0.222 e. The first kappa shape index (κ1) is 12.1. The Labute approximate surface area is 110 Å². The number of anilines is 3. The Morgan fingerprint density at radius 2 is 2.18 bits per heavy atom. The summed E-state index contributed by atoms with van der Waals surface area (Å²) in [5.74, 6) is 0.142. The van der Waals surface area contributed by atoms with Gasteiger partial charge in [0.05, 0.1) is 15.2 Å². The van der Waals surface area contributed by atoms with Gasteiger partial charge in [-0.05, 0) is 34.1 Å². The van der Waals surface area contributed by atoms with Crippen LogP contribution in [-0.4, -0.2) is 9.97 Å². The molecule has 1 aromatic heterocycles. The van der Waals surface area contributed by atoms with Crippen molar-refractivity contribution in [2.24, 2.45) is 0 Å². The lowest BCUT2D eigenvalue weighted by atomic mass is 10.3. The highest BCUT2D eigenvalue weighted by Crippen LogP contribution is 2.28. The molecule has 0 fully saturated rings. The zero-order valence-electron chi connectivity index (χ0n) is 8.42. The predicted molar refractivity (Wildman–Crippen MR) is 68.8 cm³/mol. The summed E-state index contributed by atoms with van der Waals surface area (Å²) in [5.41, 5.74) is 5.87. The number of nitrogens with two attached hydrogens (primary N) is 1. The normalized spacial score (nSPS) is 10.3. The molecule has 17 heavy (non-hydrogen) atoms. The molecule has 0 aliphatic rings. The summed E-state index contributed by atoms with van der Waals surface area (Å²) in [6.07, 6.45) is 1.50. The second kappa shape index (κ2) is 4.85. The second-order valence-electron chi connectivity index (χ2n) is 3.17. The van der Waals surface area contributed by atoms with Crippen LogP contribution in [0.3, 0.4) is 0 Å². The van der Waals surface area contributed by atoms with E-state index in [0.717, 1.165) is 0 Å². The fourth-order valence-electron chi connectivity index (χ4n) is 1.19. The van der Waals surface area contributed by atoms with Crippen LogP contribution in [0.2, 0.25) is 5.02 Å². The number of nitrogens with zero attached hydrogens (tertiary/aromatic N) is 2. The van der Waals surface area contributed by atoms with E-state index in [2.05, 4.69) is 31.2 Å². The van der Waals surface area contributed by atoms with Crippen molar-refractivity contribution < 1.29 is 4.39 Å². The topological polar surface area (TPSA) is 63.8 Å². The zero-order chi connectivity index (χ0) is 12.4. The van der Waals surface area contributed by atoms with Gasteiger partial charge in [0.2, 0.25) is 5.95 Å². The Bertz CT molecular complexity index is 514. The maximum atomic E-state index is 13.1. The molecule has 4 nitrogen and oxygen atoms in total. The van der Waals surface area contributed by atoms with Crippen molar-refractivity contribution in [1.29, 1.82) is 0 Å². The van der Waals surface area contributed by atoms with Gasteiger partial charge in [-0.15, -0.1) is 0 Å². The quantitative estimate of drug-likeness (QED) is 0.891. The molecule has 2 aromatic rings. The molecular formula is C10H7BrClFN4. The van der Waals surface area contributed by atoms with Crippen molar-refractivity contribution in [3.8, 4) is 0 Å².